The second-order valence-electron chi connectivity index (χ2n) is 12.0. The molecule has 0 spiro atoms. The number of aryl methyl sites for hydroxylation is 1. The van der Waals surface area contributed by atoms with Crippen LogP contribution in [0, 0.1) is 0 Å². The fourth-order valence-corrected chi connectivity index (χ4v) is 5.85. The predicted octanol–water partition coefficient (Wildman–Crippen LogP) is 10.3. The van der Waals surface area contributed by atoms with Crippen molar-refractivity contribution in [2.75, 3.05) is 19.8 Å². The molecule has 1 aromatic rings. The lowest BCUT2D eigenvalue weighted by Gasteiger charge is -2.14. The Kier molecular flexibility index (Phi) is 23.7. The average Bonchev–Trinajstić information content (AvgIpc) is 3.87. The summed E-state index contributed by atoms with van der Waals surface area (Å²) >= 11 is 0. The van der Waals surface area contributed by atoms with Gasteiger partial charge in [-0.05, 0) is 49.8 Å². The molecule has 0 radical (unpaired) electrons. The molecule has 0 amide bonds. The molecule has 5 nitrogen and oxygen atoms in total. The Labute approximate surface area is 254 Å². The number of rotatable bonds is 23. The molecule has 1 atom stereocenters. The summed E-state index contributed by atoms with van der Waals surface area (Å²) in [5, 5.41) is 0. The Hall–Kier alpha value is -0.950. The van der Waals surface area contributed by atoms with Crippen LogP contribution in [0.5, 0.6) is 0 Å². The minimum absolute atomic E-state index is 0.132. The van der Waals surface area contributed by atoms with Crippen LogP contribution in [-0.2, 0) is 32.4 Å². The first-order valence-electron chi connectivity index (χ1n) is 17.2. The third kappa shape index (κ3) is 24.2. The maximum absolute atomic E-state index is 12.0. The number of ether oxygens (including phenoxy) is 2. The summed E-state index contributed by atoms with van der Waals surface area (Å²) in [7, 11) is -4.17. The lowest BCUT2D eigenvalue weighted by atomic mass is 9.96. The normalized spacial score (nSPS) is 15.5. The SMILES string of the molecule is C1CO1.CC1CO1.CCCCCCCCCCCCc1cccc(S(=O)(=O)O)c1CCCCCCCCCCCC. The summed E-state index contributed by atoms with van der Waals surface area (Å²) in [4.78, 5) is 0.132. The lowest BCUT2D eigenvalue weighted by molar-refractivity contribution is 0.423. The molecule has 2 saturated heterocycles. The first-order chi connectivity index (χ1) is 19.9. The maximum Gasteiger partial charge on any atom is 0.294 e. The second kappa shape index (κ2) is 25.5. The van der Waals surface area contributed by atoms with Crippen molar-refractivity contribution in [3.63, 3.8) is 0 Å². The fourth-order valence-electron chi connectivity index (χ4n) is 5.06. The predicted molar refractivity (Wildman–Crippen MR) is 174 cm³/mol. The van der Waals surface area contributed by atoms with Crippen LogP contribution >= 0.6 is 0 Å². The van der Waals surface area contributed by atoms with E-state index in [9.17, 15) is 13.0 Å². The molecule has 1 aromatic carbocycles. The summed E-state index contributed by atoms with van der Waals surface area (Å²) in [6.45, 7) is 9.55. The van der Waals surface area contributed by atoms with Crippen LogP contribution in [0.2, 0.25) is 0 Å². The van der Waals surface area contributed by atoms with E-state index >= 15 is 0 Å². The Morgan fingerprint density at radius 1 is 0.683 bits per heavy atom. The molecular weight excluding hydrogens is 532 g/mol. The molecule has 1 unspecified atom stereocenters. The van der Waals surface area contributed by atoms with E-state index in [1.165, 1.54) is 109 Å². The fraction of sp³-hybridized carbons (Fsp3) is 0.829. The Morgan fingerprint density at radius 3 is 1.39 bits per heavy atom. The van der Waals surface area contributed by atoms with Crippen LogP contribution in [0.3, 0.4) is 0 Å². The Bertz CT molecular complexity index is 830. The van der Waals surface area contributed by atoms with Gasteiger partial charge < -0.3 is 9.47 Å². The van der Waals surface area contributed by atoms with Crippen LogP contribution < -0.4 is 0 Å². The molecule has 0 bridgehead atoms. The van der Waals surface area contributed by atoms with Gasteiger partial charge in [-0.1, -0.05) is 142 Å². The molecule has 2 heterocycles. The topological polar surface area (TPSA) is 79.4 Å². The van der Waals surface area contributed by atoms with Crippen molar-refractivity contribution < 1.29 is 22.4 Å². The van der Waals surface area contributed by atoms with Gasteiger partial charge in [0.15, 0.2) is 0 Å². The van der Waals surface area contributed by atoms with E-state index in [2.05, 4.69) is 31.6 Å². The molecule has 6 heteroatoms. The quantitative estimate of drug-likeness (QED) is 0.0772. The number of hydrogen-bond donors (Lipinski definition) is 1. The molecule has 2 fully saturated rings. The van der Waals surface area contributed by atoms with Gasteiger partial charge in [-0.2, -0.15) is 8.42 Å². The van der Waals surface area contributed by atoms with Gasteiger partial charge in [-0.3, -0.25) is 4.55 Å². The Balaban J connectivity index is 0.00000103. The van der Waals surface area contributed by atoms with E-state index in [1.807, 2.05) is 0 Å². The molecule has 0 aliphatic carbocycles. The van der Waals surface area contributed by atoms with Crippen LogP contribution in [0.4, 0.5) is 0 Å². The van der Waals surface area contributed by atoms with Crippen LogP contribution in [-0.4, -0.2) is 38.9 Å². The molecule has 2 aliphatic heterocycles. The highest BCUT2D eigenvalue weighted by molar-refractivity contribution is 7.85. The molecule has 41 heavy (non-hydrogen) atoms. The Morgan fingerprint density at radius 2 is 1.05 bits per heavy atom. The minimum Gasteiger partial charge on any atom is -0.377 e. The minimum atomic E-state index is -4.17. The van der Waals surface area contributed by atoms with Crippen molar-refractivity contribution in [2.24, 2.45) is 0 Å². The highest BCUT2D eigenvalue weighted by Crippen LogP contribution is 2.25. The van der Waals surface area contributed by atoms with Crippen molar-refractivity contribution >= 4 is 10.1 Å². The molecule has 3 rings (SSSR count). The zero-order valence-corrected chi connectivity index (χ0v) is 27.8. The zero-order chi connectivity index (χ0) is 30.0. The largest absolute Gasteiger partial charge is 0.377 e. The van der Waals surface area contributed by atoms with E-state index in [-0.39, 0.29) is 4.90 Å². The van der Waals surface area contributed by atoms with Gasteiger partial charge in [0, 0.05) is 0 Å². The van der Waals surface area contributed by atoms with Gasteiger partial charge in [0.1, 0.15) is 0 Å². The molecule has 0 saturated carbocycles. The number of epoxide rings is 2. The second-order valence-corrected chi connectivity index (χ2v) is 13.4. The third-order valence-corrected chi connectivity index (χ3v) is 8.73. The van der Waals surface area contributed by atoms with Crippen LogP contribution in [0.15, 0.2) is 23.1 Å². The average molecular weight is 597 g/mol. The van der Waals surface area contributed by atoms with E-state index in [0.717, 1.165) is 63.1 Å². The first kappa shape index (κ1) is 38.1. The highest BCUT2D eigenvalue weighted by Gasteiger charge is 2.18. The molecule has 2 aliphatic rings. The standard InChI is InChI=1S/C30H54O3S.C3H6O.C2H4O/c1-3-5-7-9-11-13-15-17-19-21-24-28-25-23-27-30(34(31,32)33)29(28)26-22-20-18-16-14-12-10-8-6-4-2;1-3-2-4-3;1-2-3-1/h23,25,27H,3-22,24,26H2,1-2H3,(H,31,32,33);3H,2H2,1H3;1-2H2. The van der Waals surface area contributed by atoms with E-state index in [4.69, 9.17) is 4.74 Å². The smallest absolute Gasteiger partial charge is 0.294 e. The summed E-state index contributed by atoms with van der Waals surface area (Å²) in [6.07, 6.45) is 27.9. The first-order valence-corrected chi connectivity index (χ1v) is 18.6. The molecule has 240 valence electrons. The monoisotopic (exact) mass is 596 g/mol. The molecular formula is C35H64O5S. The lowest BCUT2D eigenvalue weighted by Crippen LogP contribution is -2.07. The summed E-state index contributed by atoms with van der Waals surface area (Å²) in [5.41, 5.74) is 1.98. The number of unbranched alkanes of at least 4 members (excludes halogenated alkanes) is 18. The number of benzene rings is 1. The highest BCUT2D eigenvalue weighted by atomic mass is 32.2. The van der Waals surface area contributed by atoms with Gasteiger partial charge in [-0.25, -0.2) is 0 Å². The zero-order valence-electron chi connectivity index (χ0n) is 27.0. The van der Waals surface area contributed by atoms with Crippen molar-refractivity contribution in [2.45, 2.75) is 173 Å². The van der Waals surface area contributed by atoms with Crippen molar-refractivity contribution in [1.82, 2.24) is 0 Å². The summed E-state index contributed by atoms with van der Waals surface area (Å²) in [5.74, 6) is 0. The van der Waals surface area contributed by atoms with E-state index in [0.29, 0.717) is 6.10 Å². The third-order valence-electron chi connectivity index (χ3n) is 7.79. The maximum atomic E-state index is 12.0. The van der Waals surface area contributed by atoms with Gasteiger partial charge in [-0.15, -0.1) is 0 Å². The van der Waals surface area contributed by atoms with Crippen molar-refractivity contribution in [1.29, 1.82) is 0 Å². The van der Waals surface area contributed by atoms with Gasteiger partial charge in [0.2, 0.25) is 0 Å². The van der Waals surface area contributed by atoms with Gasteiger partial charge >= 0.3 is 0 Å². The van der Waals surface area contributed by atoms with E-state index in [1.54, 1.807) is 12.1 Å². The van der Waals surface area contributed by atoms with Gasteiger partial charge in [0.05, 0.1) is 30.8 Å². The summed E-state index contributed by atoms with van der Waals surface area (Å²) < 4.78 is 43.0. The molecule has 0 aromatic heterocycles. The number of hydrogen-bond acceptors (Lipinski definition) is 4. The van der Waals surface area contributed by atoms with E-state index < -0.39 is 10.1 Å². The van der Waals surface area contributed by atoms with Gasteiger partial charge in [0.25, 0.3) is 10.1 Å². The summed E-state index contributed by atoms with van der Waals surface area (Å²) in [6, 6.07) is 5.42. The van der Waals surface area contributed by atoms with Crippen molar-refractivity contribution in [3.05, 3.63) is 29.3 Å². The van der Waals surface area contributed by atoms with Crippen LogP contribution in [0.25, 0.3) is 0 Å². The van der Waals surface area contributed by atoms with Crippen LogP contribution in [0.1, 0.15) is 160 Å². The van der Waals surface area contributed by atoms with Crippen molar-refractivity contribution in [3.8, 4) is 0 Å². The molecule has 1 N–H and O–H groups in total.